The van der Waals surface area contributed by atoms with Crippen LogP contribution in [0.25, 0.3) is 0 Å². The van der Waals surface area contributed by atoms with Crippen LogP contribution >= 0.6 is 18.8 Å². The lowest BCUT2D eigenvalue weighted by atomic mass is 10.5. The molecule has 0 aromatic carbocycles. The van der Waals surface area contributed by atoms with Gasteiger partial charge in [0.05, 0.1) is 0 Å². The van der Waals surface area contributed by atoms with Crippen molar-refractivity contribution in [3.05, 3.63) is 50.6 Å². The van der Waals surface area contributed by atoms with E-state index in [1.165, 1.54) is 0 Å². The Labute approximate surface area is 105 Å². The van der Waals surface area contributed by atoms with Gasteiger partial charge in [-0.15, -0.1) is 26.3 Å². The molecule has 90 valence electrons. The molecular weight excluding hydrogens is 239 g/mol. The van der Waals surface area contributed by atoms with Crippen molar-refractivity contribution in [2.24, 2.45) is 0 Å². The van der Waals surface area contributed by atoms with E-state index < -0.39 is 7.58 Å². The summed E-state index contributed by atoms with van der Waals surface area (Å²) in [6.45, 7) is 18.0. The average Bonchev–Trinajstić information content (AvgIpc) is 2.27. The second-order valence-corrected chi connectivity index (χ2v) is 5.66. The smallest absolute Gasteiger partial charge is 0.141 e. The first-order valence-corrected chi connectivity index (χ1v) is 7.25. The maximum absolute atomic E-state index is 6.45. The third-order valence-electron chi connectivity index (χ3n) is 1.83. The Morgan fingerprint density at radius 2 is 1.00 bits per heavy atom. The van der Waals surface area contributed by atoms with Crippen molar-refractivity contribution in [1.82, 2.24) is 9.34 Å². The highest BCUT2D eigenvalue weighted by Gasteiger charge is 2.20. The van der Waals surface area contributed by atoms with E-state index in [1.54, 1.807) is 0 Å². The van der Waals surface area contributed by atoms with Crippen molar-refractivity contribution in [2.75, 3.05) is 26.2 Å². The molecule has 0 unspecified atom stereocenters. The number of halogens is 1. The summed E-state index contributed by atoms with van der Waals surface area (Å²) in [4.78, 5) is 0. The van der Waals surface area contributed by atoms with Crippen molar-refractivity contribution in [1.29, 1.82) is 0 Å². The fourth-order valence-corrected chi connectivity index (χ4v) is 3.29. The van der Waals surface area contributed by atoms with Crippen LogP contribution in [-0.4, -0.2) is 35.5 Å². The minimum atomic E-state index is -0.877. The molecule has 0 N–H and O–H groups in total. The molecule has 16 heavy (non-hydrogen) atoms. The van der Waals surface area contributed by atoms with Crippen LogP contribution in [-0.2, 0) is 0 Å². The van der Waals surface area contributed by atoms with Gasteiger partial charge in [-0.25, -0.2) is 9.34 Å². The normalized spacial score (nSPS) is 10.8. The maximum atomic E-state index is 6.45. The van der Waals surface area contributed by atoms with Gasteiger partial charge < -0.3 is 0 Å². The monoisotopic (exact) mass is 258 g/mol. The minimum absolute atomic E-state index is 0.756. The largest absolute Gasteiger partial charge is 0.250 e. The number of hydrogen-bond donors (Lipinski definition) is 0. The predicted molar refractivity (Wildman–Crippen MR) is 76.7 cm³/mol. The first-order valence-electron chi connectivity index (χ1n) is 5.10. The summed E-state index contributed by atoms with van der Waals surface area (Å²) in [6, 6.07) is 0. The van der Waals surface area contributed by atoms with Crippen LogP contribution in [0.4, 0.5) is 0 Å². The summed E-state index contributed by atoms with van der Waals surface area (Å²) in [5.74, 6) is 0. The first kappa shape index (κ1) is 15.6. The lowest BCUT2D eigenvalue weighted by molar-refractivity contribution is 0.481. The highest BCUT2D eigenvalue weighted by Crippen LogP contribution is 2.48. The van der Waals surface area contributed by atoms with Crippen LogP contribution < -0.4 is 0 Å². The van der Waals surface area contributed by atoms with Crippen LogP contribution in [0.3, 0.4) is 0 Å². The van der Waals surface area contributed by atoms with Gasteiger partial charge in [-0.2, -0.15) is 0 Å². The van der Waals surface area contributed by atoms with Crippen molar-refractivity contribution in [2.45, 2.75) is 0 Å². The Morgan fingerprint density at radius 3 is 1.19 bits per heavy atom. The van der Waals surface area contributed by atoms with Gasteiger partial charge in [-0.1, -0.05) is 35.5 Å². The van der Waals surface area contributed by atoms with Gasteiger partial charge in [0, 0.05) is 26.2 Å². The highest BCUT2D eigenvalue weighted by molar-refractivity contribution is 7.80. The van der Waals surface area contributed by atoms with Crippen LogP contribution in [0.5, 0.6) is 0 Å². The molecule has 0 bridgehead atoms. The van der Waals surface area contributed by atoms with E-state index >= 15 is 0 Å². The molecule has 0 fully saturated rings. The van der Waals surface area contributed by atoms with Crippen LogP contribution in [0.2, 0.25) is 0 Å². The zero-order valence-electron chi connectivity index (χ0n) is 9.69. The Morgan fingerprint density at radius 1 is 0.750 bits per heavy atom. The summed E-state index contributed by atoms with van der Waals surface area (Å²) in [7, 11) is -0.877. The van der Waals surface area contributed by atoms with Crippen molar-refractivity contribution >= 4 is 18.8 Å². The molecule has 0 atom stereocenters. The van der Waals surface area contributed by atoms with Gasteiger partial charge in [0.15, 0.2) is 0 Å². The quantitative estimate of drug-likeness (QED) is 0.434. The fraction of sp³-hybridized carbons (Fsp3) is 0.333. The van der Waals surface area contributed by atoms with Crippen LogP contribution in [0.15, 0.2) is 50.6 Å². The van der Waals surface area contributed by atoms with E-state index in [4.69, 9.17) is 11.2 Å². The molecule has 0 heterocycles. The average molecular weight is 259 g/mol. The standard InChI is InChI=1S/C12H20ClN2P/c1-5-9-14(10-6-2)16(13)15(11-7-3)12-8-4/h5-8H,1-4,9-12H2. The van der Waals surface area contributed by atoms with Gasteiger partial charge in [-0.05, 0) is 0 Å². The molecule has 0 rings (SSSR count). The first-order chi connectivity index (χ1) is 7.71. The molecule has 0 saturated carbocycles. The summed E-state index contributed by atoms with van der Waals surface area (Å²) in [5.41, 5.74) is 0. The number of rotatable bonds is 10. The third-order valence-corrected chi connectivity index (χ3v) is 4.70. The fourth-order valence-electron chi connectivity index (χ4n) is 1.19. The van der Waals surface area contributed by atoms with Gasteiger partial charge in [0.25, 0.3) is 0 Å². The molecule has 0 amide bonds. The molecule has 0 radical (unpaired) electrons. The van der Waals surface area contributed by atoms with Crippen molar-refractivity contribution in [3.63, 3.8) is 0 Å². The number of nitrogens with zero attached hydrogens (tertiary/aromatic N) is 2. The molecule has 0 aliphatic heterocycles. The SMILES string of the molecule is C=CCN(CC=C)P(Cl)N(CC=C)CC=C. The molecule has 0 aromatic heterocycles. The highest BCUT2D eigenvalue weighted by atomic mass is 35.7. The Kier molecular flexibility index (Phi) is 9.55. The van der Waals surface area contributed by atoms with Gasteiger partial charge in [-0.3, -0.25) is 0 Å². The second-order valence-electron chi connectivity index (χ2n) is 3.14. The van der Waals surface area contributed by atoms with Gasteiger partial charge in [0.1, 0.15) is 7.58 Å². The summed E-state index contributed by atoms with van der Waals surface area (Å²) in [6.07, 6.45) is 7.39. The van der Waals surface area contributed by atoms with E-state index in [0.29, 0.717) is 0 Å². The van der Waals surface area contributed by atoms with E-state index in [1.807, 2.05) is 24.3 Å². The van der Waals surface area contributed by atoms with Crippen molar-refractivity contribution in [3.8, 4) is 0 Å². The molecule has 0 aromatic rings. The zero-order chi connectivity index (χ0) is 12.4. The van der Waals surface area contributed by atoms with Gasteiger partial charge >= 0.3 is 0 Å². The summed E-state index contributed by atoms with van der Waals surface area (Å²) < 4.78 is 4.26. The Balaban J connectivity index is 4.54. The lowest BCUT2D eigenvalue weighted by Gasteiger charge is -2.32. The minimum Gasteiger partial charge on any atom is -0.250 e. The number of hydrogen-bond acceptors (Lipinski definition) is 2. The van der Waals surface area contributed by atoms with Gasteiger partial charge in [0.2, 0.25) is 0 Å². The second kappa shape index (κ2) is 9.80. The zero-order valence-corrected chi connectivity index (χ0v) is 11.3. The molecule has 0 aliphatic carbocycles. The van der Waals surface area contributed by atoms with Crippen LogP contribution in [0, 0.1) is 0 Å². The predicted octanol–water partition coefficient (Wildman–Crippen LogP) is 3.80. The van der Waals surface area contributed by atoms with E-state index in [0.717, 1.165) is 26.2 Å². The summed E-state index contributed by atoms with van der Waals surface area (Å²) in [5, 5.41) is 0. The molecule has 0 aliphatic rings. The molecule has 0 spiro atoms. The Hall–Kier alpha value is -0.400. The van der Waals surface area contributed by atoms with Crippen LogP contribution in [0.1, 0.15) is 0 Å². The molecule has 4 heteroatoms. The molecule has 2 nitrogen and oxygen atoms in total. The summed E-state index contributed by atoms with van der Waals surface area (Å²) >= 11 is 6.45. The van der Waals surface area contributed by atoms with E-state index in [9.17, 15) is 0 Å². The van der Waals surface area contributed by atoms with E-state index in [2.05, 4.69) is 35.7 Å². The Bertz CT molecular complexity index is 199. The third kappa shape index (κ3) is 5.62. The topological polar surface area (TPSA) is 6.48 Å². The molecular formula is C12H20ClN2P. The lowest BCUT2D eigenvalue weighted by Crippen LogP contribution is -2.27. The maximum Gasteiger partial charge on any atom is 0.141 e. The van der Waals surface area contributed by atoms with E-state index in [-0.39, 0.29) is 0 Å². The molecule has 0 saturated heterocycles. The van der Waals surface area contributed by atoms with Crippen molar-refractivity contribution < 1.29 is 0 Å².